The summed E-state index contributed by atoms with van der Waals surface area (Å²) in [4.78, 5) is 27.8. The van der Waals surface area contributed by atoms with Crippen LogP contribution in [0.25, 0.3) is 5.76 Å². The van der Waals surface area contributed by atoms with E-state index >= 15 is 0 Å². The van der Waals surface area contributed by atoms with Crippen molar-refractivity contribution >= 4 is 17.4 Å². The van der Waals surface area contributed by atoms with E-state index in [0.717, 1.165) is 22.7 Å². The zero-order valence-corrected chi connectivity index (χ0v) is 16.6. The van der Waals surface area contributed by atoms with Crippen molar-refractivity contribution in [2.24, 2.45) is 0 Å². The topological polar surface area (TPSA) is 161 Å². The second-order valence-electron chi connectivity index (χ2n) is 6.41. The molecule has 0 saturated carbocycles. The molecule has 0 bridgehead atoms. The molecule has 0 spiro atoms. The Morgan fingerprint density at radius 1 is 1.35 bits per heavy atom. The van der Waals surface area contributed by atoms with Crippen LogP contribution in [0.5, 0.6) is 11.5 Å². The van der Waals surface area contributed by atoms with E-state index in [-0.39, 0.29) is 18.0 Å². The number of amides is 1. The predicted molar refractivity (Wildman–Crippen MR) is 110 cm³/mol. The molecular formula is C21H18N4O6. The number of rotatable bonds is 5. The number of pyridine rings is 1. The van der Waals surface area contributed by atoms with Crippen LogP contribution in [0.15, 0.2) is 42.1 Å². The lowest BCUT2D eigenvalue weighted by atomic mass is 10.1. The average Bonchev–Trinajstić information content (AvgIpc) is 2.75. The smallest absolute Gasteiger partial charge is 0.315 e. The molecule has 3 N–H and O–H groups in total. The fraction of sp³-hybridized carbons (Fsp3) is 0.190. The predicted octanol–water partition coefficient (Wildman–Crippen LogP) is 2.46. The van der Waals surface area contributed by atoms with Crippen LogP contribution in [0.4, 0.5) is 5.69 Å². The highest BCUT2D eigenvalue weighted by Crippen LogP contribution is 2.38. The van der Waals surface area contributed by atoms with Crippen LogP contribution in [0.3, 0.4) is 0 Å². The Morgan fingerprint density at radius 2 is 2.06 bits per heavy atom. The summed E-state index contributed by atoms with van der Waals surface area (Å²) in [5.41, 5.74) is -1.22. The molecule has 1 amide bonds. The molecule has 10 nitrogen and oxygen atoms in total. The Balaban J connectivity index is 2.26. The van der Waals surface area contributed by atoms with Gasteiger partial charge >= 0.3 is 5.69 Å². The van der Waals surface area contributed by atoms with Gasteiger partial charge in [-0.3, -0.25) is 19.9 Å². The highest BCUT2D eigenvalue weighted by Gasteiger charge is 2.24. The van der Waals surface area contributed by atoms with Crippen LogP contribution < -0.4 is 0 Å². The molecule has 10 heteroatoms. The molecule has 2 aromatic rings. The van der Waals surface area contributed by atoms with E-state index in [9.17, 15) is 35.5 Å². The van der Waals surface area contributed by atoms with Gasteiger partial charge in [0.25, 0.3) is 5.91 Å². The Kier molecular flexibility index (Phi) is 7.15. The normalized spacial score (nSPS) is 11.9. The Hall–Kier alpha value is -4.57. The molecule has 1 atom stereocenters. The number of nitro groups is 1. The molecule has 1 aromatic carbocycles. The number of aromatic hydroxyl groups is 2. The molecule has 31 heavy (non-hydrogen) atoms. The quantitative estimate of drug-likeness (QED) is 0.126. The molecule has 0 aliphatic heterocycles. The van der Waals surface area contributed by atoms with Crippen molar-refractivity contribution in [3.05, 3.63) is 63.5 Å². The summed E-state index contributed by atoms with van der Waals surface area (Å²) in [6.45, 7) is 1.78. The number of benzene rings is 1. The molecule has 0 fully saturated rings. The third kappa shape index (κ3) is 5.28. The number of hydrogen-bond acceptors (Lipinski definition) is 8. The molecular weight excluding hydrogens is 404 g/mol. The number of likely N-dealkylation sites (N-methyl/N-ethyl adjacent to an activating group) is 1. The van der Waals surface area contributed by atoms with Gasteiger partial charge in [-0.05, 0) is 25.1 Å². The number of nitro benzene ring substituents is 1. The van der Waals surface area contributed by atoms with Crippen molar-refractivity contribution in [2.45, 2.75) is 12.8 Å². The first kappa shape index (κ1) is 22.7. The number of phenols is 2. The average molecular weight is 422 g/mol. The third-order valence-corrected chi connectivity index (χ3v) is 4.22. The number of aliphatic hydroxyl groups excluding tert-OH is 1. The first-order valence-corrected chi connectivity index (χ1v) is 8.86. The van der Waals surface area contributed by atoms with Gasteiger partial charge in [-0.25, -0.2) is 0 Å². The van der Waals surface area contributed by atoms with Crippen molar-refractivity contribution in [1.29, 1.82) is 5.26 Å². The Morgan fingerprint density at radius 3 is 2.65 bits per heavy atom. The second-order valence-corrected chi connectivity index (χ2v) is 6.41. The van der Waals surface area contributed by atoms with E-state index in [1.165, 1.54) is 7.05 Å². The Bertz CT molecular complexity index is 1140. The van der Waals surface area contributed by atoms with Gasteiger partial charge in [0.15, 0.2) is 11.3 Å². The van der Waals surface area contributed by atoms with E-state index in [1.807, 2.05) is 19.1 Å². The molecule has 1 aromatic heterocycles. The molecule has 2 rings (SSSR count). The summed E-state index contributed by atoms with van der Waals surface area (Å²) in [6, 6.07) is 8.52. The number of phenolic OH excluding ortho intramolecular Hbond substituents is 2. The molecule has 0 aliphatic rings. The molecule has 0 saturated heterocycles. The van der Waals surface area contributed by atoms with Crippen molar-refractivity contribution in [3.8, 4) is 29.4 Å². The van der Waals surface area contributed by atoms with Gasteiger partial charge in [0, 0.05) is 24.9 Å². The number of hydrogen-bond donors (Lipinski definition) is 3. The van der Waals surface area contributed by atoms with Gasteiger partial charge in [0.1, 0.15) is 11.8 Å². The molecule has 0 radical (unpaired) electrons. The monoisotopic (exact) mass is 422 g/mol. The number of nitriles is 1. The van der Waals surface area contributed by atoms with Crippen LogP contribution in [0, 0.1) is 33.3 Å². The molecule has 1 heterocycles. The second kappa shape index (κ2) is 9.76. The minimum Gasteiger partial charge on any atom is -0.506 e. The summed E-state index contributed by atoms with van der Waals surface area (Å²) in [7, 11) is 1.36. The summed E-state index contributed by atoms with van der Waals surface area (Å²) >= 11 is 0. The summed E-state index contributed by atoms with van der Waals surface area (Å²) in [5.74, 6) is 1.90. The maximum atomic E-state index is 12.6. The maximum Gasteiger partial charge on any atom is 0.315 e. The van der Waals surface area contributed by atoms with Crippen LogP contribution in [0.2, 0.25) is 0 Å². The van der Waals surface area contributed by atoms with Crippen molar-refractivity contribution < 1.29 is 25.0 Å². The highest BCUT2D eigenvalue weighted by molar-refractivity contribution is 6.03. The number of aromatic nitrogens is 1. The lowest BCUT2D eigenvalue weighted by molar-refractivity contribution is -0.386. The fourth-order valence-corrected chi connectivity index (χ4v) is 2.51. The van der Waals surface area contributed by atoms with E-state index in [1.54, 1.807) is 18.3 Å². The number of nitrogens with zero attached hydrogens (tertiary/aromatic N) is 4. The maximum absolute atomic E-state index is 12.6. The molecule has 158 valence electrons. The largest absolute Gasteiger partial charge is 0.506 e. The third-order valence-electron chi connectivity index (χ3n) is 4.22. The lowest BCUT2D eigenvalue weighted by Gasteiger charge is -2.14. The van der Waals surface area contributed by atoms with Gasteiger partial charge < -0.3 is 20.2 Å². The minimum absolute atomic E-state index is 0.0601. The standard InChI is InChI=1S/C21H18N4O6/c1-13(16-7-3-4-8-23-16)6-5-9-24(2)21(29)15(12-22)19(27)14-10-17(25(30)31)20(28)18(26)11-14/h3-4,7-8,10-11,13,26-28H,9H2,1-2H3/b19-15-. The SMILES string of the molecule is CC(C#CCN(C)C(=O)/C(C#N)=C(\O)c1cc(O)c(O)c([N+](=O)[O-])c1)c1ccccn1. The summed E-state index contributed by atoms with van der Waals surface area (Å²) < 4.78 is 0. The van der Waals surface area contributed by atoms with Crippen LogP contribution >= 0.6 is 0 Å². The zero-order valence-electron chi connectivity index (χ0n) is 16.6. The highest BCUT2D eigenvalue weighted by atomic mass is 16.6. The first-order chi connectivity index (χ1) is 14.7. The van der Waals surface area contributed by atoms with Crippen LogP contribution in [0.1, 0.15) is 24.1 Å². The summed E-state index contributed by atoms with van der Waals surface area (Å²) in [6.07, 6.45) is 1.64. The van der Waals surface area contributed by atoms with E-state index in [0.29, 0.717) is 0 Å². The van der Waals surface area contributed by atoms with Crippen LogP contribution in [-0.4, -0.2) is 49.6 Å². The first-order valence-electron chi connectivity index (χ1n) is 8.86. The van der Waals surface area contributed by atoms with Gasteiger partial charge in [0.2, 0.25) is 5.75 Å². The summed E-state index contributed by atoms with van der Waals surface area (Å²) in [5, 5.41) is 49.8. The van der Waals surface area contributed by atoms with E-state index in [2.05, 4.69) is 16.8 Å². The van der Waals surface area contributed by atoms with Gasteiger partial charge in [0.05, 0.1) is 23.1 Å². The van der Waals surface area contributed by atoms with Crippen LogP contribution in [-0.2, 0) is 4.79 Å². The van der Waals surface area contributed by atoms with Gasteiger partial charge in [-0.2, -0.15) is 5.26 Å². The number of carbonyl (C=O) groups is 1. The number of aliphatic hydroxyl groups is 1. The Labute approximate surface area is 177 Å². The lowest BCUT2D eigenvalue weighted by Crippen LogP contribution is -2.28. The minimum atomic E-state index is -0.999. The molecule has 1 unspecified atom stereocenters. The van der Waals surface area contributed by atoms with E-state index in [4.69, 9.17) is 0 Å². The molecule has 0 aliphatic carbocycles. The zero-order chi connectivity index (χ0) is 23.1. The van der Waals surface area contributed by atoms with E-state index < -0.39 is 39.3 Å². The van der Waals surface area contributed by atoms with Gasteiger partial charge in [-0.1, -0.05) is 17.9 Å². The van der Waals surface area contributed by atoms with Crippen molar-refractivity contribution in [1.82, 2.24) is 9.88 Å². The van der Waals surface area contributed by atoms with Crippen molar-refractivity contribution in [2.75, 3.05) is 13.6 Å². The van der Waals surface area contributed by atoms with Crippen molar-refractivity contribution in [3.63, 3.8) is 0 Å². The number of carbonyl (C=O) groups excluding carboxylic acids is 1. The fourth-order valence-electron chi connectivity index (χ4n) is 2.51. The van der Waals surface area contributed by atoms with Gasteiger partial charge in [-0.15, -0.1) is 0 Å².